The van der Waals surface area contributed by atoms with Crippen molar-refractivity contribution < 1.29 is 19.1 Å². The largest absolute Gasteiger partial charge is 0.444 e. The highest BCUT2D eigenvalue weighted by Gasteiger charge is 2.30. The number of thioether (sulfide) groups is 2. The Morgan fingerprint density at radius 2 is 1.41 bits per heavy atom. The molecule has 0 aromatic rings. The van der Waals surface area contributed by atoms with Gasteiger partial charge in [0.25, 0.3) is 0 Å². The monoisotopic (exact) mass is 606 g/mol. The van der Waals surface area contributed by atoms with Crippen LogP contribution in [0, 0.1) is 0 Å². The Morgan fingerprint density at radius 1 is 0.946 bits per heavy atom. The topological polar surface area (TPSA) is 111 Å². The van der Waals surface area contributed by atoms with E-state index in [1.165, 1.54) is 0 Å². The third-order valence-corrected chi connectivity index (χ3v) is 7.26. The van der Waals surface area contributed by atoms with Gasteiger partial charge in [-0.2, -0.15) is 23.5 Å². The molecule has 10 nitrogen and oxygen atoms in total. The maximum Gasteiger partial charge on any atom is 0.408 e. The Balaban J connectivity index is 0. The predicted octanol–water partition coefficient (Wildman–Crippen LogP) is 1.31. The van der Waals surface area contributed by atoms with Crippen molar-refractivity contribution in [3.05, 3.63) is 0 Å². The van der Waals surface area contributed by atoms with Gasteiger partial charge in [-0.05, 0) is 49.0 Å². The minimum atomic E-state index is -0.560. The van der Waals surface area contributed by atoms with Gasteiger partial charge in [0.05, 0.1) is 6.04 Å². The van der Waals surface area contributed by atoms with Gasteiger partial charge < -0.3 is 35.4 Å². The fourth-order valence-electron chi connectivity index (χ4n) is 3.22. The van der Waals surface area contributed by atoms with Crippen LogP contribution < -0.4 is 11.1 Å². The van der Waals surface area contributed by atoms with Gasteiger partial charge in [-0.25, -0.2) is 4.79 Å². The standard InChI is InChI=1S/C14H27N3O3S.C9H19N3OS.2ClH/c1-14(2,3)20-13(19)15-11-10-21-9-8-17(12(11)18)7-6-16(4)5;1-11(2)3-4-12-5-6-14-7-8(10)9(12)13;;/h11H,6-10H2,1-5H3,(H,15,19);8H,3-7,10H2,1-2H3;2*1H. The molecule has 0 saturated carbocycles. The van der Waals surface area contributed by atoms with Crippen LogP contribution in [0.25, 0.3) is 0 Å². The van der Waals surface area contributed by atoms with Crippen molar-refractivity contribution in [3.8, 4) is 0 Å². The molecule has 3 N–H and O–H groups in total. The number of nitrogens with one attached hydrogen (secondary N) is 1. The molecule has 2 unspecified atom stereocenters. The summed E-state index contributed by atoms with van der Waals surface area (Å²) in [6.07, 6.45) is -0.532. The van der Waals surface area contributed by atoms with Crippen molar-refractivity contribution >= 4 is 66.2 Å². The van der Waals surface area contributed by atoms with Crippen molar-refractivity contribution in [1.82, 2.24) is 24.9 Å². The second kappa shape index (κ2) is 19.4. The number of nitrogens with two attached hydrogens (primary N) is 1. The lowest BCUT2D eigenvalue weighted by atomic mass is 10.2. The van der Waals surface area contributed by atoms with Gasteiger partial charge in [-0.1, -0.05) is 0 Å². The second-order valence-corrected chi connectivity index (χ2v) is 12.5. The highest BCUT2D eigenvalue weighted by Crippen LogP contribution is 2.14. The molecular weight excluding hydrogens is 559 g/mol. The van der Waals surface area contributed by atoms with Crippen LogP contribution in [0.4, 0.5) is 4.79 Å². The Hall–Kier alpha value is -0.630. The van der Waals surface area contributed by atoms with E-state index in [4.69, 9.17) is 10.5 Å². The number of rotatable bonds is 7. The summed E-state index contributed by atoms with van der Waals surface area (Å²) in [6.45, 7) is 10.2. The zero-order chi connectivity index (χ0) is 26.6. The first-order valence-electron chi connectivity index (χ1n) is 12.1. The van der Waals surface area contributed by atoms with Crippen LogP contribution >= 0.6 is 48.3 Å². The molecular formula is C23H48Cl2N6O4S2. The molecule has 2 aliphatic heterocycles. The lowest BCUT2D eigenvalue weighted by Gasteiger charge is -2.27. The molecule has 3 amide bonds. The number of hydrogen-bond acceptors (Lipinski definition) is 9. The summed E-state index contributed by atoms with van der Waals surface area (Å²) >= 11 is 3.44. The van der Waals surface area contributed by atoms with Crippen LogP contribution in [-0.2, 0) is 14.3 Å². The number of carbonyl (C=O) groups is 3. The van der Waals surface area contributed by atoms with Crippen molar-refractivity contribution in [3.63, 3.8) is 0 Å². The molecule has 0 spiro atoms. The Kier molecular flexibility index (Phi) is 20.2. The number of alkyl carbamates (subject to hydrolysis) is 1. The van der Waals surface area contributed by atoms with E-state index in [1.54, 1.807) is 44.3 Å². The average molecular weight is 608 g/mol. The van der Waals surface area contributed by atoms with Gasteiger partial charge in [-0.15, -0.1) is 24.8 Å². The lowest BCUT2D eigenvalue weighted by Crippen LogP contribution is -2.51. The van der Waals surface area contributed by atoms with Crippen LogP contribution in [0.1, 0.15) is 20.8 Å². The molecule has 2 saturated heterocycles. The van der Waals surface area contributed by atoms with Gasteiger partial charge in [0.15, 0.2) is 0 Å². The van der Waals surface area contributed by atoms with Gasteiger partial charge in [-0.3, -0.25) is 9.59 Å². The third kappa shape index (κ3) is 16.8. The maximum absolute atomic E-state index is 12.5. The minimum Gasteiger partial charge on any atom is -0.444 e. The van der Waals surface area contributed by atoms with E-state index in [0.29, 0.717) is 12.3 Å². The molecule has 0 radical (unpaired) electrons. The van der Waals surface area contributed by atoms with E-state index in [0.717, 1.165) is 50.0 Å². The lowest BCUT2D eigenvalue weighted by molar-refractivity contribution is -0.133. The smallest absolute Gasteiger partial charge is 0.408 e. The Labute approximate surface area is 244 Å². The quantitative estimate of drug-likeness (QED) is 0.443. The molecule has 220 valence electrons. The second-order valence-electron chi connectivity index (χ2n) is 10.2. The molecule has 0 aromatic carbocycles. The van der Waals surface area contributed by atoms with Crippen LogP contribution in [0.3, 0.4) is 0 Å². The van der Waals surface area contributed by atoms with Crippen LogP contribution in [0.2, 0.25) is 0 Å². The van der Waals surface area contributed by atoms with Crippen molar-refractivity contribution in [2.24, 2.45) is 5.73 Å². The fraction of sp³-hybridized carbons (Fsp3) is 0.870. The molecule has 0 aromatic heterocycles. The summed E-state index contributed by atoms with van der Waals surface area (Å²) < 4.78 is 5.22. The third-order valence-electron chi connectivity index (χ3n) is 5.16. The van der Waals surface area contributed by atoms with E-state index in [9.17, 15) is 14.4 Å². The van der Waals surface area contributed by atoms with Crippen LogP contribution in [-0.4, -0.2) is 146 Å². The number of likely N-dealkylation sites (N-methyl/N-ethyl adjacent to an activating group) is 2. The average Bonchev–Trinajstić information content (AvgIpc) is 3.01. The SMILES string of the molecule is CN(C)CCN1CCSCC(N)C1=O.CN(C)CCN1CCSCC(NC(=O)OC(C)(C)C)C1=O.Cl.Cl. The molecule has 2 heterocycles. The van der Waals surface area contributed by atoms with Gasteiger partial charge in [0.1, 0.15) is 11.6 Å². The fourth-order valence-corrected chi connectivity index (χ4v) is 5.11. The summed E-state index contributed by atoms with van der Waals surface area (Å²) in [6, 6.07) is -0.806. The first-order chi connectivity index (χ1) is 16.3. The maximum atomic E-state index is 12.5. The molecule has 2 fully saturated rings. The predicted molar refractivity (Wildman–Crippen MR) is 161 cm³/mol. The van der Waals surface area contributed by atoms with Crippen molar-refractivity contribution in [1.29, 1.82) is 0 Å². The Bertz CT molecular complexity index is 686. The first-order valence-corrected chi connectivity index (χ1v) is 14.4. The number of hydrogen-bond donors (Lipinski definition) is 2. The summed E-state index contributed by atoms with van der Waals surface area (Å²) in [5.41, 5.74) is 5.19. The molecule has 0 bridgehead atoms. The number of halogens is 2. The van der Waals surface area contributed by atoms with E-state index >= 15 is 0 Å². The summed E-state index contributed by atoms with van der Waals surface area (Å²) in [7, 11) is 7.98. The van der Waals surface area contributed by atoms with Crippen molar-refractivity contribution in [2.75, 3.05) is 90.5 Å². The highest BCUT2D eigenvalue weighted by atomic mass is 35.5. The number of nitrogens with zero attached hydrogens (tertiary/aromatic N) is 4. The van der Waals surface area contributed by atoms with Gasteiger partial charge in [0, 0.05) is 62.3 Å². The van der Waals surface area contributed by atoms with Crippen molar-refractivity contribution in [2.45, 2.75) is 38.5 Å². The number of ether oxygens (including phenoxy) is 1. The molecule has 2 atom stereocenters. The minimum absolute atomic E-state index is 0. The van der Waals surface area contributed by atoms with E-state index in [2.05, 4.69) is 10.2 Å². The van der Waals surface area contributed by atoms with E-state index < -0.39 is 17.7 Å². The summed E-state index contributed by atoms with van der Waals surface area (Å²) in [5.74, 6) is 3.34. The normalized spacial score (nSPS) is 20.7. The highest BCUT2D eigenvalue weighted by molar-refractivity contribution is 7.99. The molecule has 0 aliphatic carbocycles. The van der Waals surface area contributed by atoms with Crippen LogP contribution in [0.15, 0.2) is 0 Å². The zero-order valence-corrected chi connectivity index (χ0v) is 26.6. The van der Waals surface area contributed by atoms with E-state index in [-0.39, 0.29) is 42.7 Å². The molecule has 2 rings (SSSR count). The summed E-state index contributed by atoms with van der Waals surface area (Å²) in [5, 5.41) is 2.70. The zero-order valence-electron chi connectivity index (χ0n) is 23.4. The van der Waals surface area contributed by atoms with Gasteiger partial charge in [0.2, 0.25) is 11.8 Å². The Morgan fingerprint density at radius 3 is 1.86 bits per heavy atom. The molecule has 2 aliphatic rings. The van der Waals surface area contributed by atoms with Gasteiger partial charge >= 0.3 is 6.09 Å². The van der Waals surface area contributed by atoms with E-state index in [1.807, 2.05) is 42.9 Å². The number of carbonyl (C=O) groups excluding carboxylic acids is 3. The summed E-state index contributed by atoms with van der Waals surface area (Å²) in [4.78, 5) is 43.9. The van der Waals surface area contributed by atoms with Crippen LogP contribution in [0.5, 0.6) is 0 Å². The molecule has 14 heteroatoms. The molecule has 37 heavy (non-hydrogen) atoms. The number of amides is 3. The first kappa shape index (κ1) is 38.5.